The molecule has 0 heterocycles. The fraction of sp³-hybridized carbons (Fsp3) is 0.400. The van der Waals surface area contributed by atoms with Crippen molar-refractivity contribution in [1.82, 2.24) is 0 Å². The minimum atomic E-state index is -0.190. The molecule has 5 heteroatoms. The Hall–Kier alpha value is -2.95. The van der Waals surface area contributed by atoms with Crippen LogP contribution in [0, 0.1) is 0 Å². The lowest BCUT2D eigenvalue weighted by Gasteiger charge is -2.16. The summed E-state index contributed by atoms with van der Waals surface area (Å²) in [6.07, 6.45) is 4.24. The van der Waals surface area contributed by atoms with E-state index >= 15 is 0 Å². The number of allylic oxidation sites excluding steroid dienone is 1. The van der Waals surface area contributed by atoms with Crippen LogP contribution in [-0.4, -0.2) is 32.2 Å². The highest BCUT2D eigenvalue weighted by molar-refractivity contribution is 6.09. The topological polar surface area (TPSA) is 54.0 Å². The molecule has 0 N–H and O–H groups in total. The highest BCUT2D eigenvalue weighted by atomic mass is 16.5. The standard InChI is InChI=1S/C25H32O5/c1-6-18-11-14-23(28-8-3)19(15-18)12-13-22(26)21-16-20(27-7-2)17-24(29-9-4)25(21)30-10-5/h11-17H,6-10H2,1-5H3/b13-12+. The predicted molar refractivity (Wildman–Crippen MR) is 120 cm³/mol. The molecule has 2 rings (SSSR count). The van der Waals surface area contributed by atoms with E-state index in [0.717, 1.165) is 17.7 Å². The van der Waals surface area contributed by atoms with Gasteiger partial charge in [0.15, 0.2) is 17.3 Å². The molecule has 0 unspecified atom stereocenters. The van der Waals surface area contributed by atoms with Crippen LogP contribution in [0.4, 0.5) is 0 Å². The van der Waals surface area contributed by atoms with Gasteiger partial charge in [0.2, 0.25) is 0 Å². The van der Waals surface area contributed by atoms with E-state index in [9.17, 15) is 4.79 Å². The number of hydrogen-bond donors (Lipinski definition) is 0. The maximum absolute atomic E-state index is 13.1. The lowest BCUT2D eigenvalue weighted by Crippen LogP contribution is -2.06. The van der Waals surface area contributed by atoms with Crippen LogP contribution in [0.2, 0.25) is 0 Å². The van der Waals surface area contributed by atoms with Gasteiger partial charge < -0.3 is 18.9 Å². The summed E-state index contributed by atoms with van der Waals surface area (Å²) in [6.45, 7) is 11.6. The van der Waals surface area contributed by atoms with Crippen LogP contribution in [0.5, 0.6) is 23.0 Å². The van der Waals surface area contributed by atoms with Crippen molar-refractivity contribution >= 4 is 11.9 Å². The zero-order valence-electron chi connectivity index (χ0n) is 18.6. The van der Waals surface area contributed by atoms with Gasteiger partial charge in [-0.05, 0) is 70.0 Å². The SMILES string of the molecule is CCOc1cc(OCC)c(OCC)c(C(=O)/C=C/c2cc(CC)ccc2OCC)c1. The number of carbonyl (C=O) groups excluding carboxylic acids is 1. The Labute approximate surface area is 179 Å². The first-order valence-corrected chi connectivity index (χ1v) is 10.6. The molecule has 0 fully saturated rings. The lowest BCUT2D eigenvalue weighted by molar-refractivity contribution is 0.104. The Morgan fingerprint density at radius 1 is 0.800 bits per heavy atom. The Bertz CT molecular complexity index is 870. The molecule has 0 aliphatic heterocycles. The van der Waals surface area contributed by atoms with Gasteiger partial charge in [-0.1, -0.05) is 13.0 Å². The van der Waals surface area contributed by atoms with Crippen molar-refractivity contribution < 1.29 is 23.7 Å². The molecule has 2 aromatic rings. The molecule has 0 aromatic heterocycles. The molecule has 5 nitrogen and oxygen atoms in total. The summed E-state index contributed by atoms with van der Waals surface area (Å²) in [7, 11) is 0. The van der Waals surface area contributed by atoms with Gasteiger partial charge >= 0.3 is 0 Å². The van der Waals surface area contributed by atoms with Crippen molar-refractivity contribution in [3.63, 3.8) is 0 Å². The number of rotatable bonds is 12. The number of benzene rings is 2. The predicted octanol–water partition coefficient (Wildman–Crippen LogP) is 5.74. The number of aryl methyl sites for hydroxylation is 1. The van der Waals surface area contributed by atoms with Crippen LogP contribution in [0.1, 0.15) is 56.1 Å². The number of ketones is 1. The van der Waals surface area contributed by atoms with Crippen molar-refractivity contribution in [3.05, 3.63) is 53.1 Å². The van der Waals surface area contributed by atoms with Crippen LogP contribution in [-0.2, 0) is 6.42 Å². The first kappa shape index (κ1) is 23.3. The van der Waals surface area contributed by atoms with Crippen LogP contribution < -0.4 is 18.9 Å². The molecule has 0 aliphatic rings. The van der Waals surface area contributed by atoms with E-state index in [1.165, 1.54) is 5.56 Å². The summed E-state index contributed by atoms with van der Waals surface area (Å²) in [5, 5.41) is 0. The zero-order chi connectivity index (χ0) is 21.9. The molecule has 2 aromatic carbocycles. The van der Waals surface area contributed by atoms with Crippen LogP contribution >= 0.6 is 0 Å². The van der Waals surface area contributed by atoms with E-state index in [2.05, 4.69) is 6.92 Å². The first-order valence-electron chi connectivity index (χ1n) is 10.6. The molecule has 0 aliphatic carbocycles. The van der Waals surface area contributed by atoms with E-state index in [4.69, 9.17) is 18.9 Å². The monoisotopic (exact) mass is 412 g/mol. The van der Waals surface area contributed by atoms with Gasteiger partial charge in [-0.25, -0.2) is 0 Å². The van der Waals surface area contributed by atoms with E-state index in [-0.39, 0.29) is 5.78 Å². The average molecular weight is 413 g/mol. The third kappa shape index (κ3) is 6.02. The molecule has 0 radical (unpaired) electrons. The summed E-state index contributed by atoms with van der Waals surface area (Å²) >= 11 is 0. The minimum Gasteiger partial charge on any atom is -0.494 e. The minimum absolute atomic E-state index is 0.190. The Balaban J connectivity index is 2.46. The van der Waals surface area contributed by atoms with Gasteiger partial charge in [0.05, 0.1) is 32.0 Å². The summed E-state index contributed by atoms with van der Waals surface area (Å²) in [6, 6.07) is 9.49. The molecule has 0 bridgehead atoms. The van der Waals surface area contributed by atoms with E-state index in [1.54, 1.807) is 24.3 Å². The molecular weight excluding hydrogens is 380 g/mol. The number of carbonyl (C=O) groups is 1. The molecule has 0 atom stereocenters. The first-order chi connectivity index (χ1) is 14.6. The van der Waals surface area contributed by atoms with Crippen molar-refractivity contribution in [3.8, 4) is 23.0 Å². The summed E-state index contributed by atoms with van der Waals surface area (Å²) < 4.78 is 22.8. The smallest absolute Gasteiger partial charge is 0.189 e. The zero-order valence-corrected chi connectivity index (χ0v) is 18.6. The van der Waals surface area contributed by atoms with Crippen molar-refractivity contribution in [2.45, 2.75) is 41.0 Å². The summed E-state index contributed by atoms with van der Waals surface area (Å²) in [4.78, 5) is 13.1. The second-order valence-corrected chi connectivity index (χ2v) is 6.45. The maximum Gasteiger partial charge on any atom is 0.189 e. The van der Waals surface area contributed by atoms with Crippen molar-refractivity contribution in [2.75, 3.05) is 26.4 Å². The molecule has 0 amide bonds. The second kappa shape index (κ2) is 11.9. The largest absolute Gasteiger partial charge is 0.494 e. The van der Waals surface area contributed by atoms with Crippen molar-refractivity contribution in [2.24, 2.45) is 0 Å². The van der Waals surface area contributed by atoms with E-state index in [0.29, 0.717) is 49.2 Å². The normalized spacial score (nSPS) is 10.8. The van der Waals surface area contributed by atoms with Crippen LogP contribution in [0.15, 0.2) is 36.4 Å². The summed E-state index contributed by atoms with van der Waals surface area (Å²) in [5.41, 5.74) is 2.46. The number of hydrogen-bond acceptors (Lipinski definition) is 5. The van der Waals surface area contributed by atoms with Gasteiger partial charge in [-0.15, -0.1) is 0 Å². The van der Waals surface area contributed by atoms with Gasteiger partial charge in [0.25, 0.3) is 0 Å². The highest BCUT2D eigenvalue weighted by Crippen LogP contribution is 2.37. The lowest BCUT2D eigenvalue weighted by atomic mass is 10.0. The quantitative estimate of drug-likeness (QED) is 0.329. The fourth-order valence-electron chi connectivity index (χ4n) is 3.06. The Morgan fingerprint density at radius 2 is 1.47 bits per heavy atom. The molecule has 162 valence electrons. The second-order valence-electron chi connectivity index (χ2n) is 6.45. The Kier molecular flexibility index (Phi) is 9.26. The molecule has 0 saturated carbocycles. The van der Waals surface area contributed by atoms with Gasteiger partial charge in [-0.3, -0.25) is 4.79 Å². The van der Waals surface area contributed by atoms with Crippen LogP contribution in [0.25, 0.3) is 6.08 Å². The van der Waals surface area contributed by atoms with E-state index < -0.39 is 0 Å². The highest BCUT2D eigenvalue weighted by Gasteiger charge is 2.19. The molecule has 0 spiro atoms. The van der Waals surface area contributed by atoms with Crippen molar-refractivity contribution in [1.29, 1.82) is 0 Å². The maximum atomic E-state index is 13.1. The third-order valence-corrected chi connectivity index (χ3v) is 4.39. The van der Waals surface area contributed by atoms with Gasteiger partial charge in [0.1, 0.15) is 11.5 Å². The summed E-state index contributed by atoms with van der Waals surface area (Å²) in [5.74, 6) is 2.08. The molecule has 0 saturated heterocycles. The third-order valence-electron chi connectivity index (χ3n) is 4.39. The van der Waals surface area contributed by atoms with Crippen LogP contribution in [0.3, 0.4) is 0 Å². The number of ether oxygens (including phenoxy) is 4. The molecular formula is C25H32O5. The average Bonchev–Trinajstić information content (AvgIpc) is 2.75. The van der Waals surface area contributed by atoms with Gasteiger partial charge in [-0.2, -0.15) is 0 Å². The van der Waals surface area contributed by atoms with Gasteiger partial charge in [0, 0.05) is 11.6 Å². The fourth-order valence-corrected chi connectivity index (χ4v) is 3.06. The van der Waals surface area contributed by atoms with E-state index in [1.807, 2.05) is 45.9 Å². The molecule has 30 heavy (non-hydrogen) atoms. The Morgan fingerprint density at radius 3 is 2.10 bits per heavy atom.